The van der Waals surface area contributed by atoms with Gasteiger partial charge >= 0.3 is 0 Å². The lowest BCUT2D eigenvalue weighted by Crippen LogP contribution is -2.23. The Bertz CT molecular complexity index is 1270. The SMILES string of the molecule is CCCN(Cc1sccc1OC)Cc1sccc1OCCOCCOCCOc1ccsc1CN(CCC)Cc1sccc1OC. The zero-order valence-corrected chi connectivity index (χ0v) is 30.8. The monoisotopic (exact) mass is 708 g/mol. The van der Waals surface area contributed by atoms with Crippen LogP contribution in [0, 0.1) is 0 Å². The largest absolute Gasteiger partial charge is 0.496 e. The molecule has 8 nitrogen and oxygen atoms in total. The van der Waals surface area contributed by atoms with E-state index in [4.69, 9.17) is 28.4 Å². The highest BCUT2D eigenvalue weighted by Crippen LogP contribution is 2.31. The van der Waals surface area contributed by atoms with Crippen LogP contribution in [0.2, 0.25) is 0 Å². The van der Waals surface area contributed by atoms with Crippen molar-refractivity contribution in [2.24, 2.45) is 0 Å². The molecule has 4 rings (SSSR count). The Morgan fingerprint density at radius 3 is 1.15 bits per heavy atom. The number of methoxy groups -OCH3 is 2. The third kappa shape index (κ3) is 11.8. The van der Waals surface area contributed by atoms with Gasteiger partial charge in [0.2, 0.25) is 0 Å². The number of thiophene rings is 4. The van der Waals surface area contributed by atoms with Crippen LogP contribution in [0.5, 0.6) is 23.0 Å². The molecule has 0 amide bonds. The normalized spacial score (nSPS) is 11.5. The van der Waals surface area contributed by atoms with E-state index in [2.05, 4.69) is 57.3 Å². The summed E-state index contributed by atoms with van der Waals surface area (Å²) in [5, 5.41) is 8.37. The molecule has 0 N–H and O–H groups in total. The molecule has 0 aliphatic rings. The summed E-state index contributed by atoms with van der Waals surface area (Å²) in [5.74, 6) is 3.82. The summed E-state index contributed by atoms with van der Waals surface area (Å²) < 4.78 is 34.7. The van der Waals surface area contributed by atoms with E-state index in [-0.39, 0.29) is 0 Å². The van der Waals surface area contributed by atoms with Gasteiger partial charge in [0.25, 0.3) is 0 Å². The van der Waals surface area contributed by atoms with Crippen molar-refractivity contribution in [3.63, 3.8) is 0 Å². The molecule has 12 heteroatoms. The number of hydrogen-bond donors (Lipinski definition) is 0. The standard InChI is InChI=1S/C34H48N2O6S4/c1-5-11-35(23-31-27(37-3)7-19-43-31)25-33-29(9-21-45-33)41-17-15-39-13-14-40-16-18-42-30-10-22-46-34(30)26-36(12-6-2)24-32-28(38-4)8-20-44-32/h7-10,19-22H,5-6,11-18,23-26H2,1-4H3. The molecule has 0 fully saturated rings. The van der Waals surface area contributed by atoms with Crippen molar-refractivity contribution in [1.82, 2.24) is 9.80 Å². The molecular weight excluding hydrogens is 661 g/mol. The Labute approximate surface area is 290 Å². The minimum atomic E-state index is 0.509. The fourth-order valence-electron chi connectivity index (χ4n) is 5.01. The van der Waals surface area contributed by atoms with Gasteiger partial charge in [0.15, 0.2) is 0 Å². The van der Waals surface area contributed by atoms with Gasteiger partial charge in [-0.05, 0) is 71.7 Å². The zero-order valence-electron chi connectivity index (χ0n) is 27.5. The molecule has 4 heterocycles. The second-order valence-corrected chi connectivity index (χ2v) is 14.6. The summed E-state index contributed by atoms with van der Waals surface area (Å²) in [5.41, 5.74) is 0. The average molecular weight is 709 g/mol. The molecule has 4 aromatic heterocycles. The molecule has 254 valence electrons. The maximum Gasteiger partial charge on any atom is 0.134 e. The van der Waals surface area contributed by atoms with Crippen molar-refractivity contribution in [1.29, 1.82) is 0 Å². The van der Waals surface area contributed by atoms with Gasteiger partial charge in [-0.1, -0.05) is 13.8 Å². The second-order valence-electron chi connectivity index (χ2n) is 10.6. The van der Waals surface area contributed by atoms with Crippen LogP contribution >= 0.6 is 45.3 Å². The topological polar surface area (TPSA) is 61.9 Å². The summed E-state index contributed by atoms with van der Waals surface area (Å²) in [7, 11) is 3.47. The highest BCUT2D eigenvalue weighted by molar-refractivity contribution is 7.11. The highest BCUT2D eigenvalue weighted by Gasteiger charge is 2.16. The van der Waals surface area contributed by atoms with Gasteiger partial charge in [-0.3, -0.25) is 9.80 Å². The van der Waals surface area contributed by atoms with Gasteiger partial charge in [-0.2, -0.15) is 0 Å². The second kappa shape index (κ2) is 20.9. The molecule has 0 atom stereocenters. The predicted molar refractivity (Wildman–Crippen MR) is 192 cm³/mol. The molecule has 0 aromatic carbocycles. The van der Waals surface area contributed by atoms with E-state index < -0.39 is 0 Å². The molecule has 0 aliphatic heterocycles. The summed E-state index contributed by atoms with van der Waals surface area (Å²) in [6.45, 7) is 13.0. The third-order valence-electron chi connectivity index (χ3n) is 7.15. The Kier molecular flexibility index (Phi) is 16.7. The molecule has 0 unspecified atom stereocenters. The summed E-state index contributed by atoms with van der Waals surface area (Å²) >= 11 is 6.97. The fraction of sp³-hybridized carbons (Fsp3) is 0.529. The molecule has 0 saturated heterocycles. The van der Waals surface area contributed by atoms with E-state index in [1.54, 1.807) is 59.6 Å². The maximum absolute atomic E-state index is 6.08. The minimum Gasteiger partial charge on any atom is -0.496 e. The Morgan fingerprint density at radius 2 is 0.804 bits per heavy atom. The Hall–Kier alpha value is -2.16. The first kappa shape index (κ1) is 36.7. The number of rotatable bonds is 25. The van der Waals surface area contributed by atoms with Crippen molar-refractivity contribution in [2.45, 2.75) is 52.9 Å². The summed E-state index contributed by atoms with van der Waals surface area (Å²) in [6, 6.07) is 8.19. The molecular formula is C34H48N2O6S4. The number of hydrogen-bond acceptors (Lipinski definition) is 12. The first-order valence-electron chi connectivity index (χ1n) is 15.8. The lowest BCUT2D eigenvalue weighted by Gasteiger charge is -2.21. The van der Waals surface area contributed by atoms with Crippen LogP contribution in [0.25, 0.3) is 0 Å². The molecule has 0 saturated carbocycles. The quantitative estimate of drug-likeness (QED) is 0.0638. The van der Waals surface area contributed by atoms with E-state index >= 15 is 0 Å². The van der Waals surface area contributed by atoms with E-state index in [0.717, 1.165) is 75.1 Å². The maximum atomic E-state index is 6.08. The Morgan fingerprint density at radius 1 is 0.478 bits per heavy atom. The average Bonchev–Trinajstić information content (AvgIpc) is 3.88. The third-order valence-corrected chi connectivity index (χ3v) is 10.7. The van der Waals surface area contributed by atoms with E-state index in [1.165, 1.54) is 19.5 Å². The first-order valence-corrected chi connectivity index (χ1v) is 19.4. The zero-order chi connectivity index (χ0) is 32.4. The van der Waals surface area contributed by atoms with Gasteiger partial charge in [0, 0.05) is 26.2 Å². The van der Waals surface area contributed by atoms with Crippen LogP contribution < -0.4 is 18.9 Å². The van der Waals surface area contributed by atoms with Gasteiger partial charge < -0.3 is 28.4 Å². The van der Waals surface area contributed by atoms with Crippen molar-refractivity contribution >= 4 is 45.3 Å². The fourth-order valence-corrected chi connectivity index (χ4v) is 8.49. The lowest BCUT2D eigenvalue weighted by atomic mass is 10.3. The highest BCUT2D eigenvalue weighted by atomic mass is 32.1. The van der Waals surface area contributed by atoms with Crippen LogP contribution in [-0.4, -0.2) is 76.8 Å². The van der Waals surface area contributed by atoms with E-state index in [0.29, 0.717) is 39.6 Å². The summed E-state index contributed by atoms with van der Waals surface area (Å²) in [6.07, 6.45) is 2.19. The van der Waals surface area contributed by atoms with Crippen molar-refractivity contribution in [3.05, 3.63) is 65.3 Å². The van der Waals surface area contributed by atoms with Gasteiger partial charge in [-0.25, -0.2) is 0 Å². The van der Waals surface area contributed by atoms with Crippen LogP contribution in [0.1, 0.15) is 46.2 Å². The lowest BCUT2D eigenvalue weighted by molar-refractivity contribution is 0.0271. The van der Waals surface area contributed by atoms with Crippen LogP contribution in [0.3, 0.4) is 0 Å². The van der Waals surface area contributed by atoms with Gasteiger partial charge in [-0.15, -0.1) is 45.3 Å². The van der Waals surface area contributed by atoms with E-state index in [9.17, 15) is 0 Å². The van der Waals surface area contributed by atoms with Crippen molar-refractivity contribution in [2.75, 3.05) is 67.0 Å². The molecule has 0 radical (unpaired) electrons. The smallest absolute Gasteiger partial charge is 0.134 e. The minimum absolute atomic E-state index is 0.509. The van der Waals surface area contributed by atoms with E-state index in [1.807, 2.05) is 12.1 Å². The van der Waals surface area contributed by atoms with Crippen LogP contribution in [0.4, 0.5) is 0 Å². The number of ether oxygens (including phenoxy) is 6. The summed E-state index contributed by atoms with van der Waals surface area (Å²) in [4.78, 5) is 9.90. The predicted octanol–water partition coefficient (Wildman–Crippen LogP) is 8.27. The van der Waals surface area contributed by atoms with Crippen LogP contribution in [-0.2, 0) is 35.7 Å². The molecule has 46 heavy (non-hydrogen) atoms. The molecule has 0 bridgehead atoms. The first-order chi connectivity index (χ1) is 22.6. The van der Waals surface area contributed by atoms with Gasteiger partial charge in [0.05, 0.1) is 60.2 Å². The molecule has 4 aromatic rings. The van der Waals surface area contributed by atoms with Crippen molar-refractivity contribution in [3.8, 4) is 23.0 Å². The van der Waals surface area contributed by atoms with Gasteiger partial charge in [0.1, 0.15) is 36.2 Å². The van der Waals surface area contributed by atoms with Crippen LogP contribution in [0.15, 0.2) is 45.8 Å². The Balaban J connectivity index is 1.08. The van der Waals surface area contributed by atoms with Crippen molar-refractivity contribution < 1.29 is 28.4 Å². The molecule has 0 spiro atoms. The molecule has 0 aliphatic carbocycles. The number of nitrogens with zero attached hydrogens (tertiary/aromatic N) is 2.